The Morgan fingerprint density at radius 3 is 2.65 bits per heavy atom. The summed E-state index contributed by atoms with van der Waals surface area (Å²) in [6.45, 7) is 0.307. The van der Waals surface area contributed by atoms with Crippen molar-refractivity contribution >= 4 is 15.9 Å². The Hall–Kier alpha value is -2.68. The first-order valence-corrected chi connectivity index (χ1v) is 11.0. The van der Waals surface area contributed by atoms with E-state index in [2.05, 4.69) is 20.9 Å². The summed E-state index contributed by atoms with van der Waals surface area (Å²) >= 11 is 3.47. The molecule has 3 atom stereocenters. The molecule has 2 heterocycles. The van der Waals surface area contributed by atoms with Gasteiger partial charge in [0.05, 0.1) is 12.7 Å². The summed E-state index contributed by atoms with van der Waals surface area (Å²) in [4.78, 5) is 27.0. The SMILES string of the molecule is O=c1[nH]c(=O)n([C@H]2C[C@H](Br)[C@@H](CO)O2)cc1Cc1cccc(OCc2ccccc2)c1. The first-order valence-electron chi connectivity index (χ1n) is 10.0. The molecule has 1 aliphatic heterocycles. The maximum atomic E-state index is 12.4. The third-order valence-corrected chi connectivity index (χ3v) is 6.20. The van der Waals surface area contributed by atoms with Crippen LogP contribution in [0.2, 0.25) is 0 Å². The van der Waals surface area contributed by atoms with Crippen LogP contribution in [0, 0.1) is 0 Å². The summed E-state index contributed by atoms with van der Waals surface area (Å²) in [7, 11) is 0. The van der Waals surface area contributed by atoms with Gasteiger partial charge in [0.15, 0.2) is 0 Å². The van der Waals surface area contributed by atoms with Crippen LogP contribution in [-0.4, -0.2) is 32.2 Å². The van der Waals surface area contributed by atoms with Crippen molar-refractivity contribution in [2.24, 2.45) is 0 Å². The number of H-pyrrole nitrogens is 1. The fourth-order valence-corrected chi connectivity index (χ4v) is 4.21. The topological polar surface area (TPSA) is 93.6 Å². The molecule has 0 saturated carbocycles. The normalized spacial score (nSPS) is 20.6. The predicted octanol–water partition coefficient (Wildman–Crippen LogP) is 2.75. The van der Waals surface area contributed by atoms with Crippen LogP contribution in [-0.2, 0) is 17.8 Å². The molecular formula is C23H23BrN2O5. The monoisotopic (exact) mass is 486 g/mol. The van der Waals surface area contributed by atoms with E-state index in [1.807, 2.05) is 54.6 Å². The smallest absolute Gasteiger partial charge is 0.330 e. The first-order chi connectivity index (χ1) is 15.0. The molecule has 0 spiro atoms. The molecule has 162 valence electrons. The van der Waals surface area contributed by atoms with Crippen LogP contribution in [0.1, 0.15) is 29.3 Å². The lowest BCUT2D eigenvalue weighted by molar-refractivity contribution is -0.0236. The van der Waals surface area contributed by atoms with E-state index in [1.54, 1.807) is 6.20 Å². The second-order valence-electron chi connectivity index (χ2n) is 7.48. The van der Waals surface area contributed by atoms with E-state index in [0.717, 1.165) is 11.1 Å². The number of aromatic nitrogens is 2. The number of halogens is 1. The molecular weight excluding hydrogens is 464 g/mol. The van der Waals surface area contributed by atoms with Gasteiger partial charge in [0.2, 0.25) is 0 Å². The van der Waals surface area contributed by atoms with Crippen molar-refractivity contribution in [3.05, 3.63) is 98.3 Å². The molecule has 7 nitrogen and oxygen atoms in total. The lowest BCUT2D eigenvalue weighted by Gasteiger charge is -2.15. The molecule has 31 heavy (non-hydrogen) atoms. The highest BCUT2D eigenvalue weighted by molar-refractivity contribution is 9.09. The third kappa shape index (κ3) is 5.15. The highest BCUT2D eigenvalue weighted by Crippen LogP contribution is 2.32. The molecule has 4 rings (SSSR count). The van der Waals surface area contributed by atoms with Gasteiger partial charge in [-0.1, -0.05) is 58.4 Å². The van der Waals surface area contributed by atoms with Crippen LogP contribution in [0.3, 0.4) is 0 Å². The van der Waals surface area contributed by atoms with Gasteiger partial charge in [-0.15, -0.1) is 0 Å². The van der Waals surface area contributed by atoms with Gasteiger partial charge in [-0.3, -0.25) is 14.3 Å². The molecule has 0 radical (unpaired) electrons. The van der Waals surface area contributed by atoms with E-state index < -0.39 is 23.6 Å². The van der Waals surface area contributed by atoms with Crippen molar-refractivity contribution in [2.45, 2.75) is 36.6 Å². The number of ether oxygens (including phenoxy) is 2. The van der Waals surface area contributed by atoms with Crippen LogP contribution in [0.25, 0.3) is 0 Å². The number of aromatic amines is 1. The quantitative estimate of drug-likeness (QED) is 0.500. The highest BCUT2D eigenvalue weighted by atomic mass is 79.9. The molecule has 0 unspecified atom stereocenters. The number of aliphatic hydroxyl groups excluding tert-OH is 1. The van der Waals surface area contributed by atoms with E-state index in [4.69, 9.17) is 9.47 Å². The lowest BCUT2D eigenvalue weighted by Crippen LogP contribution is -2.34. The molecule has 0 bridgehead atoms. The van der Waals surface area contributed by atoms with Crippen LogP contribution in [0.15, 0.2) is 70.4 Å². The number of benzene rings is 2. The van der Waals surface area contributed by atoms with E-state index in [-0.39, 0.29) is 11.4 Å². The predicted molar refractivity (Wildman–Crippen MR) is 120 cm³/mol. The minimum Gasteiger partial charge on any atom is -0.489 e. The maximum Gasteiger partial charge on any atom is 0.330 e. The van der Waals surface area contributed by atoms with Crippen molar-refractivity contribution in [2.75, 3.05) is 6.61 Å². The summed E-state index contributed by atoms with van der Waals surface area (Å²) in [6.07, 6.45) is 1.45. The first kappa shape index (κ1) is 21.5. The van der Waals surface area contributed by atoms with E-state index in [9.17, 15) is 14.7 Å². The van der Waals surface area contributed by atoms with Crippen LogP contribution in [0.5, 0.6) is 5.75 Å². The fourth-order valence-electron chi connectivity index (χ4n) is 3.60. The average molecular weight is 487 g/mol. The number of nitrogens with zero attached hydrogens (tertiary/aromatic N) is 1. The van der Waals surface area contributed by atoms with Crippen LogP contribution < -0.4 is 16.0 Å². The van der Waals surface area contributed by atoms with Crippen LogP contribution >= 0.6 is 15.9 Å². The zero-order chi connectivity index (χ0) is 21.8. The molecule has 0 aliphatic carbocycles. The van der Waals surface area contributed by atoms with Gasteiger partial charge in [-0.05, 0) is 23.3 Å². The molecule has 3 aromatic rings. The largest absolute Gasteiger partial charge is 0.489 e. The number of aliphatic hydroxyl groups is 1. The van der Waals surface area contributed by atoms with E-state index in [0.29, 0.717) is 30.8 Å². The Balaban J connectivity index is 1.51. The van der Waals surface area contributed by atoms with Gasteiger partial charge in [-0.2, -0.15) is 0 Å². The van der Waals surface area contributed by atoms with Gasteiger partial charge in [0.1, 0.15) is 18.6 Å². The summed E-state index contributed by atoms with van der Waals surface area (Å²) in [5, 5.41) is 9.39. The summed E-state index contributed by atoms with van der Waals surface area (Å²) < 4.78 is 13.0. The molecule has 1 saturated heterocycles. The molecule has 0 amide bonds. The fraction of sp³-hybridized carbons (Fsp3) is 0.304. The molecule has 2 aromatic carbocycles. The summed E-state index contributed by atoms with van der Waals surface area (Å²) in [6, 6.07) is 17.4. The van der Waals surface area contributed by atoms with Crippen molar-refractivity contribution in [3.8, 4) is 5.75 Å². The molecule has 1 aliphatic rings. The second-order valence-corrected chi connectivity index (χ2v) is 8.66. The lowest BCUT2D eigenvalue weighted by atomic mass is 10.1. The number of alkyl halides is 1. The number of hydrogen-bond donors (Lipinski definition) is 2. The summed E-state index contributed by atoms with van der Waals surface area (Å²) in [5.41, 5.74) is 1.45. The molecule has 1 fully saturated rings. The van der Waals surface area contributed by atoms with Crippen molar-refractivity contribution in [1.29, 1.82) is 0 Å². The summed E-state index contributed by atoms with van der Waals surface area (Å²) in [5.74, 6) is 0.707. The standard InChI is InChI=1S/C23H23BrN2O5/c24-19-11-21(31-20(19)13-27)26-12-17(22(28)25-23(26)29)9-16-7-4-8-18(10-16)30-14-15-5-2-1-3-6-15/h1-8,10,12,19-21,27H,9,11,13-14H2,(H,25,28,29)/t19-,20+,21+/m0/s1. The van der Waals surface area contributed by atoms with Gasteiger partial charge >= 0.3 is 5.69 Å². The van der Waals surface area contributed by atoms with E-state index >= 15 is 0 Å². The Bertz CT molecular complexity index is 1140. The van der Waals surface area contributed by atoms with E-state index in [1.165, 1.54) is 4.57 Å². The van der Waals surface area contributed by atoms with Gasteiger partial charge < -0.3 is 14.6 Å². The minimum atomic E-state index is -0.551. The Labute approximate surface area is 187 Å². The van der Waals surface area contributed by atoms with Gasteiger partial charge in [0.25, 0.3) is 5.56 Å². The van der Waals surface area contributed by atoms with Gasteiger partial charge in [0, 0.05) is 29.4 Å². The molecule has 1 aromatic heterocycles. The average Bonchev–Trinajstić information content (AvgIpc) is 3.15. The number of rotatable bonds is 7. The Kier molecular flexibility index (Phi) is 6.70. The molecule has 8 heteroatoms. The van der Waals surface area contributed by atoms with Crippen molar-refractivity contribution < 1.29 is 14.6 Å². The number of nitrogens with one attached hydrogen (secondary N) is 1. The Morgan fingerprint density at radius 1 is 1.13 bits per heavy atom. The minimum absolute atomic E-state index is 0.0665. The van der Waals surface area contributed by atoms with Crippen molar-refractivity contribution in [3.63, 3.8) is 0 Å². The van der Waals surface area contributed by atoms with Gasteiger partial charge in [-0.25, -0.2) is 4.79 Å². The second kappa shape index (κ2) is 9.64. The zero-order valence-corrected chi connectivity index (χ0v) is 18.3. The van der Waals surface area contributed by atoms with Crippen molar-refractivity contribution in [1.82, 2.24) is 9.55 Å². The number of hydrogen-bond acceptors (Lipinski definition) is 5. The zero-order valence-electron chi connectivity index (χ0n) is 16.7. The molecule has 2 N–H and O–H groups in total. The highest BCUT2D eigenvalue weighted by Gasteiger charge is 2.34. The maximum absolute atomic E-state index is 12.4. The third-order valence-electron chi connectivity index (χ3n) is 5.24. The van der Waals surface area contributed by atoms with Crippen LogP contribution in [0.4, 0.5) is 0 Å². The Morgan fingerprint density at radius 2 is 1.90 bits per heavy atom.